The summed E-state index contributed by atoms with van der Waals surface area (Å²) in [7, 11) is 0. The Bertz CT molecular complexity index is 265. The van der Waals surface area contributed by atoms with Gasteiger partial charge >= 0.3 is 0 Å². The molecule has 1 aliphatic rings. The summed E-state index contributed by atoms with van der Waals surface area (Å²) in [6.45, 7) is 7.04. The summed E-state index contributed by atoms with van der Waals surface area (Å²) in [6.07, 6.45) is 8.39. The number of nitrogens with one attached hydrogen (secondary N) is 2. The first-order chi connectivity index (χ1) is 8.53. The van der Waals surface area contributed by atoms with Crippen LogP contribution >= 0.6 is 11.8 Å². The second-order valence-corrected chi connectivity index (χ2v) is 6.79. The van der Waals surface area contributed by atoms with Crippen LogP contribution < -0.4 is 10.6 Å². The number of amides is 1. The molecule has 2 unspecified atom stereocenters. The van der Waals surface area contributed by atoms with E-state index in [-0.39, 0.29) is 18.0 Å². The van der Waals surface area contributed by atoms with Crippen molar-refractivity contribution in [3.05, 3.63) is 0 Å². The maximum atomic E-state index is 11.9. The van der Waals surface area contributed by atoms with Gasteiger partial charge in [0.1, 0.15) is 0 Å². The van der Waals surface area contributed by atoms with Gasteiger partial charge in [0.05, 0.1) is 6.04 Å². The lowest BCUT2D eigenvalue weighted by Gasteiger charge is -2.29. The molecule has 0 aromatic carbocycles. The quantitative estimate of drug-likeness (QED) is 0.748. The first kappa shape index (κ1) is 15.8. The average molecular weight is 272 g/mol. The fraction of sp³-hybridized carbons (Fsp3) is 0.929. The molecule has 1 fully saturated rings. The lowest BCUT2D eigenvalue weighted by molar-refractivity contribution is -0.123. The number of hydrogen-bond acceptors (Lipinski definition) is 3. The zero-order chi connectivity index (χ0) is 13.6. The van der Waals surface area contributed by atoms with E-state index in [1.807, 2.05) is 25.6 Å². The minimum absolute atomic E-state index is 0.0939. The normalized spacial score (nSPS) is 21.6. The Labute approximate surface area is 116 Å². The molecule has 106 valence electrons. The van der Waals surface area contributed by atoms with Gasteiger partial charge in [0.2, 0.25) is 5.91 Å². The van der Waals surface area contributed by atoms with Crippen molar-refractivity contribution >= 4 is 17.7 Å². The lowest BCUT2D eigenvalue weighted by Crippen LogP contribution is -2.48. The van der Waals surface area contributed by atoms with Crippen LogP contribution in [0.4, 0.5) is 0 Å². The molecule has 0 aromatic rings. The number of hydrogen-bond donors (Lipinski definition) is 2. The Kier molecular flexibility index (Phi) is 6.50. The van der Waals surface area contributed by atoms with Gasteiger partial charge < -0.3 is 10.6 Å². The van der Waals surface area contributed by atoms with Crippen LogP contribution in [-0.2, 0) is 4.79 Å². The highest BCUT2D eigenvalue weighted by atomic mass is 32.2. The summed E-state index contributed by atoms with van der Waals surface area (Å²) in [6, 6.07) is 0.173. The summed E-state index contributed by atoms with van der Waals surface area (Å²) in [4.78, 5) is 11.9. The van der Waals surface area contributed by atoms with Crippen molar-refractivity contribution in [2.45, 2.75) is 69.7 Å². The van der Waals surface area contributed by atoms with Crippen LogP contribution in [0.25, 0.3) is 0 Å². The molecule has 2 N–H and O–H groups in total. The van der Waals surface area contributed by atoms with E-state index in [9.17, 15) is 4.79 Å². The first-order valence-electron chi connectivity index (χ1n) is 7.12. The number of carbonyl (C=O) groups excluding carboxylic acids is 1. The van der Waals surface area contributed by atoms with Crippen LogP contribution in [0, 0.1) is 0 Å². The fourth-order valence-electron chi connectivity index (χ4n) is 2.37. The minimum Gasteiger partial charge on any atom is -0.352 e. The summed E-state index contributed by atoms with van der Waals surface area (Å²) in [5.74, 6) is 0.124. The molecule has 1 saturated carbocycles. The van der Waals surface area contributed by atoms with Crippen molar-refractivity contribution < 1.29 is 4.79 Å². The molecule has 18 heavy (non-hydrogen) atoms. The van der Waals surface area contributed by atoms with Gasteiger partial charge in [0.25, 0.3) is 0 Å². The number of carbonyl (C=O) groups is 1. The molecule has 0 radical (unpaired) electrons. The molecule has 0 saturated heterocycles. The molecule has 0 bridgehead atoms. The second kappa shape index (κ2) is 7.39. The third kappa shape index (κ3) is 4.47. The summed E-state index contributed by atoms with van der Waals surface area (Å²) >= 11 is 1.96. The zero-order valence-electron chi connectivity index (χ0n) is 12.2. The van der Waals surface area contributed by atoms with Crippen LogP contribution in [0.5, 0.6) is 0 Å². The maximum Gasteiger partial charge on any atom is 0.237 e. The summed E-state index contributed by atoms with van der Waals surface area (Å²) in [5, 5.41) is 6.44. The zero-order valence-corrected chi connectivity index (χ0v) is 13.0. The first-order valence-corrected chi connectivity index (χ1v) is 8.34. The SMILES string of the molecule is CCC(C)NC(=O)C(C)NCC1(SC)CCCC1. The lowest BCUT2D eigenvalue weighted by atomic mass is 10.1. The molecular weight excluding hydrogens is 244 g/mol. The molecule has 1 amide bonds. The molecule has 0 heterocycles. The summed E-state index contributed by atoms with van der Waals surface area (Å²) < 4.78 is 0.366. The highest BCUT2D eigenvalue weighted by Crippen LogP contribution is 2.39. The summed E-state index contributed by atoms with van der Waals surface area (Å²) in [5.41, 5.74) is 0. The largest absolute Gasteiger partial charge is 0.352 e. The maximum absolute atomic E-state index is 11.9. The van der Waals surface area contributed by atoms with E-state index in [1.165, 1.54) is 25.7 Å². The van der Waals surface area contributed by atoms with Gasteiger partial charge in [-0.1, -0.05) is 19.8 Å². The molecule has 1 aliphatic carbocycles. The topological polar surface area (TPSA) is 41.1 Å². The molecule has 0 spiro atoms. The highest BCUT2D eigenvalue weighted by molar-refractivity contribution is 8.00. The van der Waals surface area contributed by atoms with Crippen molar-refractivity contribution in [2.24, 2.45) is 0 Å². The molecule has 0 aliphatic heterocycles. The van der Waals surface area contributed by atoms with Crippen molar-refractivity contribution in [3.63, 3.8) is 0 Å². The van der Waals surface area contributed by atoms with Crippen LogP contribution in [0.15, 0.2) is 0 Å². The van der Waals surface area contributed by atoms with Gasteiger partial charge in [-0.05, 0) is 39.4 Å². The van der Waals surface area contributed by atoms with Gasteiger partial charge in [0.15, 0.2) is 0 Å². The van der Waals surface area contributed by atoms with Crippen LogP contribution in [0.3, 0.4) is 0 Å². The van der Waals surface area contributed by atoms with Crippen LogP contribution in [-0.4, -0.2) is 35.5 Å². The third-order valence-corrected chi connectivity index (χ3v) is 5.49. The molecule has 3 nitrogen and oxygen atoms in total. The van der Waals surface area contributed by atoms with E-state index in [1.54, 1.807) is 0 Å². The van der Waals surface area contributed by atoms with E-state index < -0.39 is 0 Å². The predicted molar refractivity (Wildman–Crippen MR) is 80.1 cm³/mol. The Balaban J connectivity index is 2.35. The third-order valence-electron chi connectivity index (χ3n) is 4.07. The second-order valence-electron chi connectivity index (χ2n) is 5.51. The highest BCUT2D eigenvalue weighted by Gasteiger charge is 2.33. The van der Waals surface area contributed by atoms with E-state index in [4.69, 9.17) is 0 Å². The van der Waals surface area contributed by atoms with Gasteiger partial charge in [-0.2, -0.15) is 11.8 Å². The molecular formula is C14H28N2OS. The molecule has 2 atom stereocenters. The monoisotopic (exact) mass is 272 g/mol. The predicted octanol–water partition coefficient (Wildman–Crippen LogP) is 2.56. The Hall–Kier alpha value is -0.220. The number of rotatable bonds is 7. The van der Waals surface area contributed by atoms with Crippen molar-refractivity contribution in [1.29, 1.82) is 0 Å². The average Bonchev–Trinajstić information content (AvgIpc) is 2.85. The van der Waals surface area contributed by atoms with Gasteiger partial charge in [-0.25, -0.2) is 0 Å². The fourth-order valence-corrected chi connectivity index (χ4v) is 3.30. The van der Waals surface area contributed by atoms with E-state index >= 15 is 0 Å². The number of thioether (sulfide) groups is 1. The van der Waals surface area contributed by atoms with Gasteiger partial charge in [0, 0.05) is 17.3 Å². The molecule has 1 rings (SSSR count). The van der Waals surface area contributed by atoms with Crippen LogP contribution in [0.2, 0.25) is 0 Å². The Morgan fingerprint density at radius 3 is 2.44 bits per heavy atom. The molecule has 0 aromatic heterocycles. The van der Waals surface area contributed by atoms with Gasteiger partial charge in [-0.3, -0.25) is 4.79 Å². The Morgan fingerprint density at radius 2 is 1.94 bits per heavy atom. The van der Waals surface area contributed by atoms with E-state index in [2.05, 4.69) is 23.8 Å². The standard InChI is InChI=1S/C14H28N2OS/c1-5-11(2)16-13(17)12(3)15-10-14(18-4)8-6-7-9-14/h11-12,15H,5-10H2,1-4H3,(H,16,17). The minimum atomic E-state index is -0.0939. The van der Waals surface area contributed by atoms with E-state index in [0.29, 0.717) is 4.75 Å². The van der Waals surface area contributed by atoms with E-state index in [0.717, 1.165) is 13.0 Å². The van der Waals surface area contributed by atoms with Crippen molar-refractivity contribution in [3.8, 4) is 0 Å². The van der Waals surface area contributed by atoms with Crippen molar-refractivity contribution in [2.75, 3.05) is 12.8 Å². The smallest absolute Gasteiger partial charge is 0.237 e. The molecule has 4 heteroatoms. The van der Waals surface area contributed by atoms with Crippen molar-refractivity contribution in [1.82, 2.24) is 10.6 Å². The van der Waals surface area contributed by atoms with Gasteiger partial charge in [-0.15, -0.1) is 0 Å². The Morgan fingerprint density at radius 1 is 1.33 bits per heavy atom. The van der Waals surface area contributed by atoms with Crippen LogP contribution in [0.1, 0.15) is 52.9 Å².